The average Bonchev–Trinajstić information content (AvgIpc) is 3.35. The maximum absolute atomic E-state index is 12.9. The maximum atomic E-state index is 12.9. The third-order valence-electron chi connectivity index (χ3n) is 7.23. The summed E-state index contributed by atoms with van der Waals surface area (Å²) >= 11 is 0. The van der Waals surface area contributed by atoms with E-state index in [2.05, 4.69) is 65.5 Å². The van der Waals surface area contributed by atoms with Crippen molar-refractivity contribution in [2.75, 3.05) is 0 Å². The second-order valence-corrected chi connectivity index (χ2v) is 10.4. The molecule has 0 radical (unpaired) electrons. The van der Waals surface area contributed by atoms with Gasteiger partial charge in [-0.2, -0.15) is 18.3 Å². The zero-order chi connectivity index (χ0) is 28.8. The molecular formula is C34H33F3N4. The van der Waals surface area contributed by atoms with Crippen molar-refractivity contribution in [3.05, 3.63) is 125 Å². The molecule has 0 N–H and O–H groups in total. The molecule has 5 rings (SSSR count). The molecule has 0 bridgehead atoms. The fraction of sp³-hybridized carbons (Fsp3) is 0.265. The molecule has 2 aromatic heterocycles. The summed E-state index contributed by atoms with van der Waals surface area (Å²) in [4.78, 5) is 9.08. The predicted octanol–water partition coefficient (Wildman–Crippen LogP) is 8.09. The number of benzene rings is 3. The second kappa shape index (κ2) is 12.5. The lowest BCUT2D eigenvalue weighted by Crippen LogP contribution is -2.04. The summed E-state index contributed by atoms with van der Waals surface area (Å²) in [5.74, 6) is 1.79. The Kier molecular flexibility index (Phi) is 8.62. The van der Waals surface area contributed by atoms with Gasteiger partial charge in [-0.15, -0.1) is 0 Å². The van der Waals surface area contributed by atoms with Crippen molar-refractivity contribution in [2.24, 2.45) is 7.05 Å². The number of aromatic nitrogens is 4. The summed E-state index contributed by atoms with van der Waals surface area (Å²) in [6.07, 6.45) is 2.87. The van der Waals surface area contributed by atoms with Crippen LogP contribution in [0.25, 0.3) is 22.6 Å². The first kappa shape index (κ1) is 28.3. The van der Waals surface area contributed by atoms with Crippen LogP contribution >= 0.6 is 0 Å². The average molecular weight is 555 g/mol. The number of aryl methyl sites for hydroxylation is 6. The first-order valence-corrected chi connectivity index (χ1v) is 14.0. The third-order valence-corrected chi connectivity index (χ3v) is 7.23. The fourth-order valence-corrected chi connectivity index (χ4v) is 4.95. The van der Waals surface area contributed by atoms with Crippen LogP contribution in [0.15, 0.2) is 91.1 Å². The number of rotatable bonds is 10. The van der Waals surface area contributed by atoms with Gasteiger partial charge in [0.2, 0.25) is 0 Å². The molecule has 210 valence electrons. The Bertz CT molecular complexity index is 1590. The van der Waals surface area contributed by atoms with Crippen molar-refractivity contribution in [2.45, 2.75) is 51.6 Å². The lowest BCUT2D eigenvalue weighted by molar-refractivity contribution is -0.137. The van der Waals surface area contributed by atoms with Crippen molar-refractivity contribution in [3.8, 4) is 22.6 Å². The molecule has 4 nitrogen and oxygen atoms in total. The molecule has 41 heavy (non-hydrogen) atoms. The lowest BCUT2D eigenvalue weighted by Gasteiger charge is -2.09. The van der Waals surface area contributed by atoms with Crippen molar-refractivity contribution in [3.63, 3.8) is 0 Å². The Hall–Kier alpha value is -4.26. The van der Waals surface area contributed by atoms with E-state index in [-0.39, 0.29) is 0 Å². The number of halogens is 3. The molecule has 5 aromatic rings. The Balaban J connectivity index is 1.16. The smallest absolute Gasteiger partial charge is 0.256 e. The Morgan fingerprint density at radius 1 is 0.683 bits per heavy atom. The van der Waals surface area contributed by atoms with Gasteiger partial charge in [0, 0.05) is 30.8 Å². The fourth-order valence-electron chi connectivity index (χ4n) is 4.95. The van der Waals surface area contributed by atoms with Gasteiger partial charge in [-0.3, -0.25) is 4.98 Å². The summed E-state index contributed by atoms with van der Waals surface area (Å²) in [7, 11) is 1.95. The Morgan fingerprint density at radius 3 is 1.95 bits per heavy atom. The van der Waals surface area contributed by atoms with Crippen LogP contribution in [0.5, 0.6) is 0 Å². The van der Waals surface area contributed by atoms with E-state index in [4.69, 9.17) is 4.98 Å². The molecule has 0 aliphatic heterocycles. The molecule has 2 heterocycles. The van der Waals surface area contributed by atoms with Crippen molar-refractivity contribution >= 4 is 0 Å². The number of nitrogens with zero attached hydrogens (tertiary/aromatic N) is 4. The van der Waals surface area contributed by atoms with Gasteiger partial charge >= 0.3 is 6.18 Å². The van der Waals surface area contributed by atoms with Gasteiger partial charge in [-0.1, -0.05) is 61.5 Å². The molecular weight excluding hydrogens is 521 g/mol. The van der Waals surface area contributed by atoms with Gasteiger partial charge < -0.3 is 0 Å². The van der Waals surface area contributed by atoms with E-state index in [0.717, 1.165) is 73.4 Å². The molecule has 0 atom stereocenters. The highest BCUT2D eigenvalue weighted by Crippen LogP contribution is 2.31. The lowest BCUT2D eigenvalue weighted by atomic mass is 9.99. The predicted molar refractivity (Wildman–Crippen MR) is 156 cm³/mol. The third kappa shape index (κ3) is 7.28. The molecule has 0 saturated carbocycles. The Morgan fingerprint density at radius 2 is 1.32 bits per heavy atom. The standard InChI is InChI=1S/C34H33F3N4/c1-3-5-32-39-33(41(2)40-32)29-7-4-6-26(22-29)14-12-24-8-10-25(11-9-24)13-15-27-20-21-38-31(23-27)28-16-18-30(19-17-28)34(35,36)37/h4,6-11,16-23H,3,5,12-15H2,1-2H3. The van der Waals surface area contributed by atoms with Crippen LogP contribution in [-0.2, 0) is 45.3 Å². The Labute approximate surface area is 238 Å². The number of hydrogen-bond acceptors (Lipinski definition) is 3. The van der Waals surface area contributed by atoms with Gasteiger partial charge in [0.15, 0.2) is 11.6 Å². The molecule has 0 aliphatic rings. The van der Waals surface area contributed by atoms with Crippen LogP contribution in [0.2, 0.25) is 0 Å². The van der Waals surface area contributed by atoms with Gasteiger partial charge in [-0.25, -0.2) is 9.67 Å². The first-order chi connectivity index (χ1) is 19.8. The minimum absolute atomic E-state index is 0.655. The molecule has 0 unspecified atom stereocenters. The van der Waals surface area contributed by atoms with Crippen molar-refractivity contribution in [1.82, 2.24) is 19.7 Å². The monoisotopic (exact) mass is 554 g/mol. The van der Waals surface area contributed by atoms with E-state index >= 15 is 0 Å². The first-order valence-electron chi connectivity index (χ1n) is 14.0. The van der Waals surface area contributed by atoms with Crippen molar-refractivity contribution in [1.29, 1.82) is 0 Å². The van der Waals surface area contributed by atoms with E-state index < -0.39 is 11.7 Å². The minimum atomic E-state index is -4.34. The van der Waals surface area contributed by atoms with Crippen LogP contribution in [0.1, 0.15) is 47.0 Å². The van der Waals surface area contributed by atoms with Crippen molar-refractivity contribution < 1.29 is 13.2 Å². The number of pyridine rings is 1. The largest absolute Gasteiger partial charge is 0.416 e. The van der Waals surface area contributed by atoms with Crippen LogP contribution in [0, 0.1) is 0 Å². The molecule has 0 spiro atoms. The molecule has 0 saturated heterocycles. The summed E-state index contributed by atoms with van der Waals surface area (Å²) in [5.41, 5.74) is 6.69. The van der Waals surface area contributed by atoms with E-state index in [1.165, 1.54) is 28.8 Å². The molecule has 7 heteroatoms. The molecule has 0 aliphatic carbocycles. The minimum Gasteiger partial charge on any atom is -0.256 e. The van der Waals surface area contributed by atoms with Crippen LogP contribution < -0.4 is 0 Å². The second-order valence-electron chi connectivity index (χ2n) is 10.4. The molecule has 3 aromatic carbocycles. The van der Waals surface area contributed by atoms with Gasteiger partial charge in [0.25, 0.3) is 0 Å². The van der Waals surface area contributed by atoms with Crippen LogP contribution in [0.4, 0.5) is 13.2 Å². The quantitative estimate of drug-likeness (QED) is 0.175. The number of hydrogen-bond donors (Lipinski definition) is 0. The SMILES string of the molecule is CCCc1nc(-c2cccc(CCc3ccc(CCc4ccnc(-c5ccc(C(F)(F)F)cc5)c4)cc3)c2)n(C)n1. The van der Waals surface area contributed by atoms with Gasteiger partial charge in [0.05, 0.1) is 11.3 Å². The highest BCUT2D eigenvalue weighted by Gasteiger charge is 2.30. The normalized spacial score (nSPS) is 11.6. The van der Waals surface area contributed by atoms with E-state index in [9.17, 15) is 13.2 Å². The highest BCUT2D eigenvalue weighted by atomic mass is 19.4. The summed E-state index contributed by atoms with van der Waals surface area (Å²) in [6.45, 7) is 2.13. The van der Waals surface area contributed by atoms with E-state index in [1.807, 2.05) is 23.9 Å². The van der Waals surface area contributed by atoms with E-state index in [1.54, 1.807) is 6.20 Å². The highest BCUT2D eigenvalue weighted by molar-refractivity contribution is 5.60. The zero-order valence-corrected chi connectivity index (χ0v) is 23.3. The van der Waals surface area contributed by atoms with Crippen LogP contribution in [-0.4, -0.2) is 19.7 Å². The summed E-state index contributed by atoms with van der Waals surface area (Å²) in [5, 5.41) is 4.54. The van der Waals surface area contributed by atoms with E-state index in [0.29, 0.717) is 11.3 Å². The molecule has 0 amide bonds. The van der Waals surface area contributed by atoms with Gasteiger partial charge in [-0.05, 0) is 84.7 Å². The number of alkyl halides is 3. The summed E-state index contributed by atoms with van der Waals surface area (Å²) < 4.78 is 40.5. The topological polar surface area (TPSA) is 43.6 Å². The van der Waals surface area contributed by atoms with Gasteiger partial charge in [0.1, 0.15) is 0 Å². The summed E-state index contributed by atoms with van der Waals surface area (Å²) in [6, 6.07) is 26.4. The van der Waals surface area contributed by atoms with Crippen LogP contribution in [0.3, 0.4) is 0 Å². The molecule has 0 fully saturated rings. The maximum Gasteiger partial charge on any atom is 0.416 e. The zero-order valence-electron chi connectivity index (χ0n) is 23.3.